The average Bonchev–Trinajstić information content (AvgIpc) is 2.77. The van der Waals surface area contributed by atoms with Gasteiger partial charge < -0.3 is 4.74 Å². The Labute approximate surface area is 179 Å². The predicted molar refractivity (Wildman–Crippen MR) is 113 cm³/mol. The minimum absolute atomic E-state index is 0.0208. The number of halogens is 5. The zero-order valence-electron chi connectivity index (χ0n) is 17.7. The van der Waals surface area contributed by atoms with Gasteiger partial charge in [-0.2, -0.15) is 13.2 Å². The van der Waals surface area contributed by atoms with Crippen LogP contribution in [0.15, 0.2) is 48.5 Å². The molecule has 3 rings (SSSR count). The molecule has 168 valence electrons. The Balaban J connectivity index is 1.71. The second-order valence-electron chi connectivity index (χ2n) is 8.37. The molecular formula is C25H27F5O. The molecule has 0 amide bonds. The van der Waals surface area contributed by atoms with Crippen molar-refractivity contribution >= 4 is 11.7 Å². The van der Waals surface area contributed by atoms with E-state index in [-0.39, 0.29) is 11.1 Å². The first kappa shape index (κ1) is 23.5. The number of hydrogen-bond acceptors (Lipinski definition) is 1. The van der Waals surface area contributed by atoms with Gasteiger partial charge in [0.25, 0.3) is 0 Å². The summed E-state index contributed by atoms with van der Waals surface area (Å²) in [5, 5.41) is 0. The topological polar surface area (TPSA) is 9.23 Å². The summed E-state index contributed by atoms with van der Waals surface area (Å²) in [4.78, 5) is 0. The van der Waals surface area contributed by atoms with E-state index in [0.717, 1.165) is 31.4 Å². The molecule has 0 aliphatic heterocycles. The van der Waals surface area contributed by atoms with Crippen LogP contribution in [0.2, 0.25) is 0 Å². The maximum atomic E-state index is 14.7. The zero-order chi connectivity index (χ0) is 22.6. The molecule has 1 atom stereocenters. The van der Waals surface area contributed by atoms with Crippen LogP contribution in [0.25, 0.3) is 11.7 Å². The molecule has 0 N–H and O–H groups in total. The maximum absolute atomic E-state index is 14.7. The van der Waals surface area contributed by atoms with Crippen molar-refractivity contribution in [2.24, 2.45) is 5.92 Å². The van der Waals surface area contributed by atoms with Gasteiger partial charge in [-0.25, -0.2) is 8.78 Å². The summed E-state index contributed by atoms with van der Waals surface area (Å²) in [6.07, 6.45) is -2.25. The van der Waals surface area contributed by atoms with Crippen LogP contribution >= 0.6 is 0 Å². The Hall–Kier alpha value is -2.21. The lowest BCUT2D eigenvalue weighted by atomic mass is 9.79. The minimum atomic E-state index is -4.49. The first-order valence-electron chi connectivity index (χ1n) is 10.5. The lowest BCUT2D eigenvalue weighted by Gasteiger charge is -2.26. The standard InChI is InChI=1S/C25H27F5O/c1-16-3-7-18(8-4-16)19-11-13-21(14-12-19)24(27)23(26)20-9-5-17(6-10-20)15-22(31-2)25(28,29)30/h5-6,9-14,16,18,22H,3-4,7-8,15H2,1-2H3/b24-23-. The number of alkyl halides is 3. The zero-order valence-corrected chi connectivity index (χ0v) is 17.7. The minimum Gasteiger partial charge on any atom is -0.372 e. The molecule has 0 saturated heterocycles. The molecule has 1 saturated carbocycles. The molecule has 0 heterocycles. The Morgan fingerprint density at radius 2 is 1.35 bits per heavy atom. The van der Waals surface area contributed by atoms with Gasteiger partial charge in [-0.3, -0.25) is 0 Å². The molecule has 0 radical (unpaired) electrons. The number of benzene rings is 2. The summed E-state index contributed by atoms with van der Waals surface area (Å²) in [5.74, 6) is -0.820. The van der Waals surface area contributed by atoms with Crippen molar-refractivity contribution in [3.63, 3.8) is 0 Å². The predicted octanol–water partition coefficient (Wildman–Crippen LogP) is 7.86. The lowest BCUT2D eigenvalue weighted by molar-refractivity contribution is -0.212. The van der Waals surface area contributed by atoms with E-state index in [1.807, 2.05) is 12.1 Å². The molecular weight excluding hydrogens is 411 g/mol. The summed E-state index contributed by atoms with van der Waals surface area (Å²) in [6.45, 7) is 2.25. The van der Waals surface area contributed by atoms with E-state index in [2.05, 4.69) is 11.7 Å². The van der Waals surface area contributed by atoms with E-state index in [0.29, 0.717) is 11.5 Å². The van der Waals surface area contributed by atoms with E-state index in [1.54, 1.807) is 12.1 Å². The van der Waals surface area contributed by atoms with Crippen LogP contribution in [0, 0.1) is 5.92 Å². The fourth-order valence-electron chi connectivity index (χ4n) is 4.08. The van der Waals surface area contributed by atoms with E-state index >= 15 is 0 Å². The number of rotatable bonds is 6. The van der Waals surface area contributed by atoms with Gasteiger partial charge in [-0.05, 0) is 35.8 Å². The molecule has 0 aromatic heterocycles. The highest BCUT2D eigenvalue weighted by Crippen LogP contribution is 2.36. The normalized spacial score (nSPS) is 21.5. The highest BCUT2D eigenvalue weighted by atomic mass is 19.4. The van der Waals surface area contributed by atoms with Gasteiger partial charge in [0.15, 0.2) is 17.8 Å². The van der Waals surface area contributed by atoms with Crippen LogP contribution in [0.4, 0.5) is 22.0 Å². The summed E-state index contributed by atoms with van der Waals surface area (Å²) in [5.41, 5.74) is 1.59. The molecule has 0 bridgehead atoms. The molecule has 1 unspecified atom stereocenters. The third kappa shape index (κ3) is 5.94. The van der Waals surface area contributed by atoms with E-state index < -0.39 is 30.4 Å². The number of methoxy groups -OCH3 is 1. The Kier molecular flexibility index (Phi) is 7.52. The Morgan fingerprint density at radius 1 is 0.871 bits per heavy atom. The van der Waals surface area contributed by atoms with Crippen molar-refractivity contribution in [3.05, 3.63) is 70.8 Å². The third-order valence-electron chi connectivity index (χ3n) is 6.12. The first-order chi connectivity index (χ1) is 14.7. The molecule has 2 aromatic rings. The average molecular weight is 438 g/mol. The molecule has 1 fully saturated rings. The van der Waals surface area contributed by atoms with Gasteiger partial charge >= 0.3 is 6.18 Å². The smallest absolute Gasteiger partial charge is 0.372 e. The highest BCUT2D eigenvalue weighted by Gasteiger charge is 2.39. The monoisotopic (exact) mass is 438 g/mol. The van der Waals surface area contributed by atoms with Crippen LogP contribution in [0.3, 0.4) is 0 Å². The second-order valence-corrected chi connectivity index (χ2v) is 8.37. The SMILES string of the molecule is COC(Cc1ccc(/C(F)=C(/F)c2ccc(C3CCC(C)CC3)cc2)cc1)C(F)(F)F. The molecule has 1 aliphatic rings. The number of hydrogen-bond donors (Lipinski definition) is 0. The third-order valence-corrected chi connectivity index (χ3v) is 6.12. The number of ether oxygens (including phenoxy) is 1. The van der Waals surface area contributed by atoms with Crippen molar-refractivity contribution in [2.75, 3.05) is 7.11 Å². The summed E-state index contributed by atoms with van der Waals surface area (Å²) in [7, 11) is 0.990. The van der Waals surface area contributed by atoms with Crippen molar-refractivity contribution < 1.29 is 26.7 Å². The lowest BCUT2D eigenvalue weighted by Crippen LogP contribution is -2.32. The van der Waals surface area contributed by atoms with Crippen LogP contribution in [0.1, 0.15) is 60.8 Å². The van der Waals surface area contributed by atoms with Crippen molar-refractivity contribution in [1.29, 1.82) is 0 Å². The van der Waals surface area contributed by atoms with Crippen LogP contribution in [-0.2, 0) is 11.2 Å². The maximum Gasteiger partial charge on any atom is 0.414 e. The summed E-state index contributed by atoms with van der Waals surface area (Å²) < 4.78 is 72.3. The second kappa shape index (κ2) is 9.94. The fraction of sp³-hybridized carbons (Fsp3) is 0.440. The molecule has 31 heavy (non-hydrogen) atoms. The fourth-order valence-corrected chi connectivity index (χ4v) is 4.08. The van der Waals surface area contributed by atoms with Gasteiger partial charge in [0, 0.05) is 24.7 Å². The molecule has 1 aliphatic carbocycles. The Morgan fingerprint density at radius 3 is 1.81 bits per heavy atom. The Bertz CT molecular complexity index is 876. The summed E-state index contributed by atoms with van der Waals surface area (Å²) in [6, 6.07) is 12.2. The molecule has 6 heteroatoms. The molecule has 1 nitrogen and oxygen atoms in total. The largest absolute Gasteiger partial charge is 0.414 e. The van der Waals surface area contributed by atoms with Gasteiger partial charge in [0.1, 0.15) is 0 Å². The summed E-state index contributed by atoms with van der Waals surface area (Å²) >= 11 is 0. The van der Waals surface area contributed by atoms with Crippen LogP contribution in [0.5, 0.6) is 0 Å². The van der Waals surface area contributed by atoms with E-state index in [9.17, 15) is 22.0 Å². The van der Waals surface area contributed by atoms with Gasteiger partial charge in [-0.1, -0.05) is 68.3 Å². The van der Waals surface area contributed by atoms with Crippen molar-refractivity contribution in [1.82, 2.24) is 0 Å². The van der Waals surface area contributed by atoms with Gasteiger partial charge in [0.05, 0.1) is 0 Å². The molecule has 0 spiro atoms. The van der Waals surface area contributed by atoms with Gasteiger partial charge in [-0.15, -0.1) is 0 Å². The van der Waals surface area contributed by atoms with Gasteiger partial charge in [0.2, 0.25) is 0 Å². The van der Waals surface area contributed by atoms with E-state index in [1.165, 1.54) is 37.1 Å². The quantitative estimate of drug-likeness (QED) is 0.329. The first-order valence-corrected chi connectivity index (χ1v) is 10.5. The highest BCUT2D eigenvalue weighted by molar-refractivity contribution is 5.83. The van der Waals surface area contributed by atoms with Crippen molar-refractivity contribution in [3.8, 4) is 0 Å². The molecule has 2 aromatic carbocycles. The van der Waals surface area contributed by atoms with E-state index in [4.69, 9.17) is 0 Å². The van der Waals surface area contributed by atoms with Crippen LogP contribution in [-0.4, -0.2) is 19.4 Å². The van der Waals surface area contributed by atoms with Crippen LogP contribution < -0.4 is 0 Å². The van der Waals surface area contributed by atoms with Crippen molar-refractivity contribution in [2.45, 2.75) is 57.2 Å².